The average molecular weight is 215 g/mol. The largest absolute Gasteiger partial charge is 0.488 e. The molecule has 1 aromatic rings. The van der Waals surface area contributed by atoms with Crippen LogP contribution >= 0.6 is 0 Å². The Hall–Kier alpha value is -1.29. The van der Waals surface area contributed by atoms with Gasteiger partial charge in [-0.1, -0.05) is 13.8 Å². The smallest absolute Gasteiger partial charge is 0.167 e. The van der Waals surface area contributed by atoms with Crippen LogP contribution < -0.4 is 10.1 Å². The third-order valence-corrected chi connectivity index (χ3v) is 1.57. The second-order valence-electron chi connectivity index (χ2n) is 2.47. The highest BCUT2D eigenvalue weighted by Gasteiger charge is 2.02. The van der Waals surface area contributed by atoms with Crippen molar-refractivity contribution >= 4 is 5.69 Å². The van der Waals surface area contributed by atoms with E-state index in [-0.39, 0.29) is 19.0 Å². The minimum absolute atomic E-state index is 0.107. The standard InChI is InChI=1S/C9H12FNO2.C2H6/c1-11-7-2-3-9(8(10)6-7)13-5-4-12;1-2/h2-3,6,11-12H,4-5H2,1H3;1-2H3. The number of rotatable bonds is 4. The molecular weight excluding hydrogens is 197 g/mol. The normalized spacial score (nSPS) is 8.87. The van der Waals surface area contributed by atoms with Crippen molar-refractivity contribution in [1.29, 1.82) is 0 Å². The molecular formula is C11H18FNO2. The van der Waals surface area contributed by atoms with Crippen molar-refractivity contribution in [3.8, 4) is 5.75 Å². The molecule has 0 fully saturated rings. The molecule has 3 nitrogen and oxygen atoms in total. The van der Waals surface area contributed by atoms with Crippen LogP contribution in [-0.4, -0.2) is 25.4 Å². The number of hydrogen-bond acceptors (Lipinski definition) is 3. The number of aliphatic hydroxyl groups excluding tert-OH is 1. The maximum atomic E-state index is 13.1. The summed E-state index contributed by atoms with van der Waals surface area (Å²) in [4.78, 5) is 0. The maximum Gasteiger partial charge on any atom is 0.167 e. The third kappa shape index (κ3) is 4.65. The first kappa shape index (κ1) is 13.7. The van der Waals surface area contributed by atoms with Gasteiger partial charge in [0, 0.05) is 18.8 Å². The van der Waals surface area contributed by atoms with Crippen molar-refractivity contribution in [3.05, 3.63) is 24.0 Å². The number of anilines is 1. The Labute approximate surface area is 89.9 Å². The van der Waals surface area contributed by atoms with Crippen LogP contribution in [0.2, 0.25) is 0 Å². The highest BCUT2D eigenvalue weighted by atomic mass is 19.1. The number of ether oxygens (including phenoxy) is 1. The van der Waals surface area contributed by atoms with Gasteiger partial charge in [-0.15, -0.1) is 0 Å². The SMILES string of the molecule is CC.CNc1ccc(OCCO)c(F)c1. The van der Waals surface area contributed by atoms with Crippen molar-refractivity contribution in [2.45, 2.75) is 13.8 Å². The van der Waals surface area contributed by atoms with E-state index in [1.54, 1.807) is 13.1 Å². The van der Waals surface area contributed by atoms with Crippen LogP contribution in [0.1, 0.15) is 13.8 Å². The molecule has 0 saturated heterocycles. The van der Waals surface area contributed by atoms with E-state index in [9.17, 15) is 4.39 Å². The molecule has 0 aromatic heterocycles. The second kappa shape index (κ2) is 8.05. The summed E-state index contributed by atoms with van der Waals surface area (Å²) in [6, 6.07) is 4.57. The topological polar surface area (TPSA) is 41.5 Å². The molecule has 0 aliphatic carbocycles. The summed E-state index contributed by atoms with van der Waals surface area (Å²) in [5.74, 6) is -0.270. The first-order valence-corrected chi connectivity index (χ1v) is 4.99. The van der Waals surface area contributed by atoms with Gasteiger partial charge < -0.3 is 15.2 Å². The van der Waals surface area contributed by atoms with Gasteiger partial charge in [0.05, 0.1) is 6.61 Å². The molecule has 0 aliphatic rings. The quantitative estimate of drug-likeness (QED) is 0.809. The molecule has 15 heavy (non-hydrogen) atoms. The van der Waals surface area contributed by atoms with Gasteiger partial charge in [0.25, 0.3) is 0 Å². The first-order valence-electron chi connectivity index (χ1n) is 4.99. The average Bonchev–Trinajstić information content (AvgIpc) is 2.30. The Morgan fingerprint density at radius 3 is 2.53 bits per heavy atom. The molecule has 0 bridgehead atoms. The summed E-state index contributed by atoms with van der Waals surface area (Å²) in [6.07, 6.45) is 0. The Kier molecular flexibility index (Phi) is 7.36. The molecule has 0 heterocycles. The molecule has 0 atom stereocenters. The van der Waals surface area contributed by atoms with Crippen LogP contribution in [0.5, 0.6) is 5.75 Å². The van der Waals surface area contributed by atoms with Crippen molar-refractivity contribution < 1.29 is 14.2 Å². The molecule has 0 amide bonds. The van der Waals surface area contributed by atoms with Crippen molar-refractivity contribution in [3.63, 3.8) is 0 Å². The highest BCUT2D eigenvalue weighted by molar-refractivity contribution is 5.46. The minimum atomic E-state index is -0.430. The summed E-state index contributed by atoms with van der Waals surface area (Å²) < 4.78 is 18.0. The fourth-order valence-electron chi connectivity index (χ4n) is 0.929. The van der Waals surface area contributed by atoms with Crippen LogP contribution in [0, 0.1) is 5.82 Å². The summed E-state index contributed by atoms with van der Waals surface area (Å²) in [7, 11) is 1.71. The number of benzene rings is 1. The zero-order valence-electron chi connectivity index (χ0n) is 9.38. The Morgan fingerprint density at radius 1 is 1.40 bits per heavy atom. The van der Waals surface area contributed by atoms with E-state index in [4.69, 9.17) is 9.84 Å². The van der Waals surface area contributed by atoms with Gasteiger partial charge in [-0.2, -0.15) is 0 Å². The third-order valence-electron chi connectivity index (χ3n) is 1.57. The maximum absolute atomic E-state index is 13.1. The molecule has 0 unspecified atom stereocenters. The van der Waals surface area contributed by atoms with Gasteiger partial charge in [0.2, 0.25) is 0 Å². The molecule has 1 rings (SSSR count). The Bertz CT molecular complexity index is 279. The molecule has 1 aromatic carbocycles. The lowest BCUT2D eigenvalue weighted by molar-refractivity contribution is 0.196. The van der Waals surface area contributed by atoms with Gasteiger partial charge in [-0.25, -0.2) is 4.39 Å². The lowest BCUT2D eigenvalue weighted by Crippen LogP contribution is -2.03. The van der Waals surface area contributed by atoms with Gasteiger partial charge in [-0.3, -0.25) is 0 Å². The molecule has 0 aliphatic heterocycles. The van der Waals surface area contributed by atoms with Gasteiger partial charge >= 0.3 is 0 Å². The predicted molar refractivity (Wildman–Crippen MR) is 59.9 cm³/mol. The summed E-state index contributed by atoms with van der Waals surface area (Å²) in [5, 5.41) is 11.3. The zero-order valence-corrected chi connectivity index (χ0v) is 9.38. The minimum Gasteiger partial charge on any atom is -0.488 e. The van der Waals surface area contributed by atoms with E-state index in [0.717, 1.165) is 0 Å². The van der Waals surface area contributed by atoms with E-state index in [0.29, 0.717) is 5.69 Å². The van der Waals surface area contributed by atoms with Gasteiger partial charge in [0.15, 0.2) is 11.6 Å². The summed E-state index contributed by atoms with van der Waals surface area (Å²) in [6.45, 7) is 3.99. The van der Waals surface area contributed by atoms with E-state index in [1.807, 2.05) is 13.8 Å². The molecule has 0 spiro atoms. The monoisotopic (exact) mass is 215 g/mol. The van der Waals surface area contributed by atoms with E-state index in [1.165, 1.54) is 12.1 Å². The highest BCUT2D eigenvalue weighted by Crippen LogP contribution is 2.20. The fourth-order valence-corrected chi connectivity index (χ4v) is 0.929. The molecule has 0 radical (unpaired) electrons. The molecule has 0 saturated carbocycles. The Balaban J connectivity index is 0.000000921. The van der Waals surface area contributed by atoms with Crippen LogP contribution in [-0.2, 0) is 0 Å². The van der Waals surface area contributed by atoms with E-state index in [2.05, 4.69) is 5.32 Å². The van der Waals surface area contributed by atoms with Crippen molar-refractivity contribution in [1.82, 2.24) is 0 Å². The number of halogens is 1. The number of nitrogens with one attached hydrogen (secondary N) is 1. The van der Waals surface area contributed by atoms with E-state index >= 15 is 0 Å². The first-order chi connectivity index (χ1) is 7.27. The van der Waals surface area contributed by atoms with Crippen molar-refractivity contribution in [2.24, 2.45) is 0 Å². The predicted octanol–water partition coefficient (Wildman–Crippen LogP) is 2.26. The molecule has 86 valence electrons. The zero-order chi connectivity index (χ0) is 11.7. The molecule has 4 heteroatoms. The lowest BCUT2D eigenvalue weighted by Gasteiger charge is -2.06. The lowest BCUT2D eigenvalue weighted by atomic mass is 10.3. The fraction of sp³-hybridized carbons (Fsp3) is 0.455. The van der Waals surface area contributed by atoms with Crippen LogP contribution in [0.25, 0.3) is 0 Å². The van der Waals surface area contributed by atoms with E-state index < -0.39 is 5.82 Å². The van der Waals surface area contributed by atoms with Gasteiger partial charge in [0.1, 0.15) is 6.61 Å². The van der Waals surface area contributed by atoms with Crippen LogP contribution in [0.15, 0.2) is 18.2 Å². The summed E-state index contributed by atoms with van der Waals surface area (Å²) in [5.41, 5.74) is 0.689. The summed E-state index contributed by atoms with van der Waals surface area (Å²) >= 11 is 0. The number of hydrogen-bond donors (Lipinski definition) is 2. The molecule has 2 N–H and O–H groups in total. The number of aliphatic hydroxyl groups is 1. The van der Waals surface area contributed by atoms with Crippen molar-refractivity contribution in [2.75, 3.05) is 25.6 Å². The van der Waals surface area contributed by atoms with Crippen LogP contribution in [0.3, 0.4) is 0 Å². The van der Waals surface area contributed by atoms with Gasteiger partial charge in [-0.05, 0) is 12.1 Å². The van der Waals surface area contributed by atoms with Crippen LogP contribution in [0.4, 0.5) is 10.1 Å². The second-order valence-corrected chi connectivity index (χ2v) is 2.47. The Morgan fingerprint density at radius 2 is 2.07 bits per heavy atom.